The fourth-order valence-corrected chi connectivity index (χ4v) is 2.96. The lowest BCUT2D eigenvalue weighted by molar-refractivity contribution is 0.182. The molecule has 2 rings (SSSR count). The Morgan fingerprint density at radius 1 is 1.17 bits per heavy atom. The van der Waals surface area contributed by atoms with Gasteiger partial charge in [0.15, 0.2) is 0 Å². The topological polar surface area (TPSA) is 66.6 Å². The highest BCUT2D eigenvalue weighted by atomic mass is 32.2. The standard InChI is InChI=1S/C12H19N3O2S/c1-18(16,17)15-8-6-14(7-9-15)10-11-4-2-3-5-12(11)13/h2-5H,6-10,13H2,1H3. The van der Waals surface area contributed by atoms with Gasteiger partial charge in [-0.3, -0.25) is 4.90 Å². The molecule has 0 radical (unpaired) electrons. The van der Waals surface area contributed by atoms with Gasteiger partial charge >= 0.3 is 0 Å². The van der Waals surface area contributed by atoms with Crippen LogP contribution < -0.4 is 5.73 Å². The van der Waals surface area contributed by atoms with E-state index in [1.807, 2.05) is 24.3 Å². The fourth-order valence-electron chi connectivity index (χ4n) is 2.14. The molecular weight excluding hydrogens is 250 g/mol. The van der Waals surface area contributed by atoms with E-state index in [9.17, 15) is 8.42 Å². The van der Waals surface area contributed by atoms with Crippen LogP contribution in [0.25, 0.3) is 0 Å². The van der Waals surface area contributed by atoms with Gasteiger partial charge in [-0.2, -0.15) is 4.31 Å². The molecule has 0 aromatic heterocycles. The molecule has 1 heterocycles. The smallest absolute Gasteiger partial charge is 0.211 e. The number of nitrogen functional groups attached to an aromatic ring is 1. The van der Waals surface area contributed by atoms with Crippen LogP contribution in [0.15, 0.2) is 24.3 Å². The fraction of sp³-hybridized carbons (Fsp3) is 0.500. The molecule has 1 aromatic rings. The van der Waals surface area contributed by atoms with Crippen LogP contribution in [0.1, 0.15) is 5.56 Å². The van der Waals surface area contributed by atoms with E-state index in [1.165, 1.54) is 10.6 Å². The zero-order valence-corrected chi connectivity index (χ0v) is 11.4. The van der Waals surface area contributed by atoms with Crippen molar-refractivity contribution in [2.75, 3.05) is 38.2 Å². The largest absolute Gasteiger partial charge is 0.398 e. The average molecular weight is 269 g/mol. The van der Waals surface area contributed by atoms with Gasteiger partial charge in [-0.25, -0.2) is 8.42 Å². The van der Waals surface area contributed by atoms with Crippen molar-refractivity contribution in [1.82, 2.24) is 9.21 Å². The quantitative estimate of drug-likeness (QED) is 0.804. The Morgan fingerprint density at radius 3 is 2.33 bits per heavy atom. The molecule has 1 aliphatic heterocycles. The Hall–Kier alpha value is -1.11. The van der Waals surface area contributed by atoms with Crippen LogP contribution in [-0.4, -0.2) is 50.1 Å². The van der Waals surface area contributed by atoms with Crippen LogP contribution in [-0.2, 0) is 16.6 Å². The zero-order chi connectivity index (χ0) is 13.2. The van der Waals surface area contributed by atoms with Crippen LogP contribution in [0.2, 0.25) is 0 Å². The van der Waals surface area contributed by atoms with Crippen molar-refractivity contribution < 1.29 is 8.42 Å². The number of piperazine rings is 1. The minimum atomic E-state index is -3.05. The SMILES string of the molecule is CS(=O)(=O)N1CCN(Cc2ccccc2N)CC1. The van der Waals surface area contributed by atoms with Gasteiger partial charge in [-0.05, 0) is 11.6 Å². The summed E-state index contributed by atoms with van der Waals surface area (Å²) < 4.78 is 24.3. The number of anilines is 1. The van der Waals surface area contributed by atoms with Crippen molar-refractivity contribution in [1.29, 1.82) is 0 Å². The summed E-state index contributed by atoms with van der Waals surface area (Å²) in [7, 11) is -3.05. The molecule has 18 heavy (non-hydrogen) atoms. The highest BCUT2D eigenvalue weighted by Crippen LogP contribution is 2.15. The normalized spacial score (nSPS) is 18.9. The Balaban J connectivity index is 1.94. The van der Waals surface area contributed by atoms with E-state index < -0.39 is 10.0 Å². The van der Waals surface area contributed by atoms with Gasteiger partial charge in [0.2, 0.25) is 10.0 Å². The first-order chi connectivity index (χ1) is 8.47. The van der Waals surface area contributed by atoms with Crippen molar-refractivity contribution in [2.45, 2.75) is 6.54 Å². The number of hydrogen-bond acceptors (Lipinski definition) is 4. The van der Waals surface area contributed by atoms with Crippen molar-refractivity contribution in [3.05, 3.63) is 29.8 Å². The summed E-state index contributed by atoms with van der Waals surface area (Å²) in [6, 6.07) is 7.79. The number of hydrogen-bond donors (Lipinski definition) is 1. The monoisotopic (exact) mass is 269 g/mol. The molecule has 0 aliphatic carbocycles. The van der Waals surface area contributed by atoms with Crippen LogP contribution in [0.4, 0.5) is 5.69 Å². The van der Waals surface area contributed by atoms with E-state index in [0.29, 0.717) is 13.1 Å². The third-order valence-electron chi connectivity index (χ3n) is 3.25. The van der Waals surface area contributed by atoms with E-state index >= 15 is 0 Å². The highest BCUT2D eigenvalue weighted by molar-refractivity contribution is 7.88. The average Bonchev–Trinajstić information content (AvgIpc) is 2.32. The van der Waals surface area contributed by atoms with Crippen molar-refractivity contribution >= 4 is 15.7 Å². The summed E-state index contributed by atoms with van der Waals surface area (Å²) in [5.41, 5.74) is 7.80. The first-order valence-corrected chi connectivity index (χ1v) is 7.82. The van der Waals surface area contributed by atoms with Gasteiger partial charge in [0.05, 0.1) is 6.26 Å². The van der Waals surface area contributed by atoms with E-state index in [0.717, 1.165) is 30.9 Å². The number of nitrogens with zero attached hydrogens (tertiary/aromatic N) is 2. The van der Waals surface area contributed by atoms with Crippen LogP contribution in [0.5, 0.6) is 0 Å². The summed E-state index contributed by atoms with van der Waals surface area (Å²) in [4.78, 5) is 2.23. The molecule has 5 nitrogen and oxygen atoms in total. The molecule has 6 heteroatoms. The van der Waals surface area contributed by atoms with Crippen molar-refractivity contribution in [2.24, 2.45) is 0 Å². The van der Waals surface area contributed by atoms with E-state index in [4.69, 9.17) is 5.73 Å². The molecule has 100 valence electrons. The van der Waals surface area contributed by atoms with E-state index in [-0.39, 0.29) is 0 Å². The van der Waals surface area contributed by atoms with Gasteiger partial charge in [-0.15, -0.1) is 0 Å². The Labute approximate surface area is 108 Å². The molecule has 1 aliphatic rings. The lowest BCUT2D eigenvalue weighted by atomic mass is 10.1. The van der Waals surface area contributed by atoms with Gasteiger partial charge < -0.3 is 5.73 Å². The molecule has 1 aromatic carbocycles. The maximum Gasteiger partial charge on any atom is 0.211 e. The molecule has 0 spiro atoms. The maximum atomic E-state index is 11.4. The third-order valence-corrected chi connectivity index (χ3v) is 4.55. The minimum Gasteiger partial charge on any atom is -0.398 e. The number of sulfonamides is 1. The predicted molar refractivity (Wildman–Crippen MR) is 72.5 cm³/mol. The second kappa shape index (κ2) is 5.26. The first-order valence-electron chi connectivity index (χ1n) is 5.97. The number of rotatable bonds is 3. The molecule has 0 bridgehead atoms. The lowest BCUT2D eigenvalue weighted by Gasteiger charge is -2.33. The number of benzene rings is 1. The molecule has 0 amide bonds. The summed E-state index contributed by atoms with van der Waals surface area (Å²) in [6.45, 7) is 3.41. The molecule has 0 saturated carbocycles. The van der Waals surface area contributed by atoms with Crippen LogP contribution >= 0.6 is 0 Å². The predicted octanol–water partition coefficient (Wildman–Crippen LogP) is 0.346. The molecule has 0 unspecified atom stereocenters. The summed E-state index contributed by atoms with van der Waals surface area (Å²) >= 11 is 0. The second-order valence-electron chi connectivity index (χ2n) is 4.64. The highest BCUT2D eigenvalue weighted by Gasteiger charge is 2.23. The summed E-state index contributed by atoms with van der Waals surface area (Å²) in [5, 5.41) is 0. The zero-order valence-electron chi connectivity index (χ0n) is 10.5. The van der Waals surface area contributed by atoms with Gasteiger partial charge in [0, 0.05) is 38.4 Å². The molecule has 1 saturated heterocycles. The lowest BCUT2D eigenvalue weighted by Crippen LogP contribution is -2.47. The Morgan fingerprint density at radius 2 is 1.78 bits per heavy atom. The van der Waals surface area contributed by atoms with Gasteiger partial charge in [-0.1, -0.05) is 18.2 Å². The number of nitrogens with two attached hydrogens (primary N) is 1. The van der Waals surface area contributed by atoms with Crippen LogP contribution in [0, 0.1) is 0 Å². The van der Waals surface area contributed by atoms with Gasteiger partial charge in [0.25, 0.3) is 0 Å². The van der Waals surface area contributed by atoms with Crippen molar-refractivity contribution in [3.8, 4) is 0 Å². The van der Waals surface area contributed by atoms with E-state index in [1.54, 1.807) is 0 Å². The summed E-state index contributed by atoms with van der Waals surface area (Å²) in [6.07, 6.45) is 1.26. The van der Waals surface area contributed by atoms with Crippen molar-refractivity contribution in [3.63, 3.8) is 0 Å². The van der Waals surface area contributed by atoms with Crippen LogP contribution in [0.3, 0.4) is 0 Å². The third kappa shape index (κ3) is 3.22. The Bertz CT molecular complexity index is 508. The number of para-hydroxylation sites is 1. The Kier molecular flexibility index (Phi) is 3.89. The second-order valence-corrected chi connectivity index (χ2v) is 6.62. The minimum absolute atomic E-state index is 0.561. The summed E-state index contributed by atoms with van der Waals surface area (Å²) in [5.74, 6) is 0. The van der Waals surface area contributed by atoms with Gasteiger partial charge in [0.1, 0.15) is 0 Å². The molecule has 2 N–H and O–H groups in total. The maximum absolute atomic E-state index is 11.4. The molecule has 0 atom stereocenters. The molecule has 1 fully saturated rings. The van der Waals surface area contributed by atoms with E-state index in [2.05, 4.69) is 4.90 Å². The molecular formula is C12H19N3O2S. The first kappa shape index (κ1) is 13.3.